The summed E-state index contributed by atoms with van der Waals surface area (Å²) in [5.41, 5.74) is 0.809. The zero-order valence-corrected chi connectivity index (χ0v) is 16.3. The molecular weight excluding hydrogens is 336 g/mol. The standard InChI is InChI=1S/C19H30N2O3S/c1-4-19(2,3)14-18(22)20-17-10-12-21(13-11-17)25(23,24)15-16-8-6-5-7-9-16/h5-9,17H,4,10-15H2,1-3H3,(H,20,22). The third-order valence-electron chi connectivity index (χ3n) is 5.00. The van der Waals surface area contributed by atoms with Gasteiger partial charge in [0.2, 0.25) is 15.9 Å². The van der Waals surface area contributed by atoms with E-state index < -0.39 is 10.0 Å². The van der Waals surface area contributed by atoms with E-state index in [1.54, 1.807) is 4.31 Å². The first kappa shape index (κ1) is 19.9. The molecule has 0 aromatic heterocycles. The maximum Gasteiger partial charge on any atom is 0.220 e. The number of nitrogens with zero attached hydrogens (tertiary/aromatic N) is 1. The molecule has 1 aliphatic rings. The Bertz CT molecular complexity index is 663. The van der Waals surface area contributed by atoms with Gasteiger partial charge >= 0.3 is 0 Å². The second-order valence-electron chi connectivity index (χ2n) is 7.68. The molecule has 0 unspecified atom stereocenters. The molecule has 1 amide bonds. The fourth-order valence-electron chi connectivity index (χ4n) is 2.99. The third-order valence-corrected chi connectivity index (χ3v) is 6.85. The predicted octanol–water partition coefficient (Wildman–Crippen LogP) is 2.92. The Balaban J connectivity index is 1.84. The molecule has 0 aliphatic carbocycles. The smallest absolute Gasteiger partial charge is 0.220 e. The number of piperidine rings is 1. The quantitative estimate of drug-likeness (QED) is 0.807. The van der Waals surface area contributed by atoms with Crippen molar-refractivity contribution in [1.29, 1.82) is 0 Å². The Kier molecular flexibility index (Phi) is 6.63. The van der Waals surface area contributed by atoms with Gasteiger partial charge in [0.1, 0.15) is 0 Å². The minimum absolute atomic E-state index is 0.00378. The summed E-state index contributed by atoms with van der Waals surface area (Å²) in [4.78, 5) is 12.2. The summed E-state index contributed by atoms with van der Waals surface area (Å²) >= 11 is 0. The van der Waals surface area contributed by atoms with Gasteiger partial charge in [0.05, 0.1) is 5.75 Å². The van der Waals surface area contributed by atoms with Crippen LogP contribution in [0.3, 0.4) is 0 Å². The highest BCUT2D eigenvalue weighted by molar-refractivity contribution is 7.88. The third kappa shape index (κ3) is 6.12. The molecule has 0 radical (unpaired) electrons. The first-order valence-corrected chi connectivity index (χ1v) is 10.6. The molecule has 1 aromatic rings. The van der Waals surface area contributed by atoms with Gasteiger partial charge in [-0.05, 0) is 23.8 Å². The topological polar surface area (TPSA) is 66.5 Å². The molecule has 1 aliphatic heterocycles. The van der Waals surface area contributed by atoms with Gasteiger partial charge in [0.15, 0.2) is 0 Å². The molecule has 1 heterocycles. The van der Waals surface area contributed by atoms with Crippen molar-refractivity contribution < 1.29 is 13.2 Å². The maximum absolute atomic E-state index is 12.5. The van der Waals surface area contributed by atoms with E-state index in [1.807, 2.05) is 30.3 Å². The molecule has 5 nitrogen and oxygen atoms in total. The molecular formula is C19H30N2O3S. The highest BCUT2D eigenvalue weighted by Crippen LogP contribution is 2.24. The second-order valence-corrected chi connectivity index (χ2v) is 9.65. The van der Waals surface area contributed by atoms with Crippen LogP contribution in [0.5, 0.6) is 0 Å². The van der Waals surface area contributed by atoms with E-state index in [0.717, 1.165) is 12.0 Å². The largest absolute Gasteiger partial charge is 0.353 e. The summed E-state index contributed by atoms with van der Waals surface area (Å²) in [6.45, 7) is 7.20. The van der Waals surface area contributed by atoms with Crippen LogP contribution in [-0.4, -0.2) is 37.8 Å². The van der Waals surface area contributed by atoms with Crippen molar-refractivity contribution in [2.75, 3.05) is 13.1 Å². The SMILES string of the molecule is CCC(C)(C)CC(=O)NC1CCN(S(=O)(=O)Cc2ccccc2)CC1. The highest BCUT2D eigenvalue weighted by atomic mass is 32.2. The van der Waals surface area contributed by atoms with E-state index >= 15 is 0 Å². The minimum atomic E-state index is -3.30. The molecule has 6 heteroatoms. The number of hydrogen-bond donors (Lipinski definition) is 1. The van der Waals surface area contributed by atoms with Crippen LogP contribution in [0.4, 0.5) is 0 Å². The second kappa shape index (κ2) is 8.32. The Morgan fingerprint density at radius 2 is 1.80 bits per heavy atom. The summed E-state index contributed by atoms with van der Waals surface area (Å²) < 4.78 is 26.7. The normalized spacial score (nSPS) is 17.4. The number of sulfonamides is 1. The first-order chi connectivity index (χ1) is 11.7. The monoisotopic (exact) mass is 366 g/mol. The van der Waals surface area contributed by atoms with E-state index in [-0.39, 0.29) is 23.1 Å². The van der Waals surface area contributed by atoms with Gasteiger partial charge in [-0.3, -0.25) is 4.79 Å². The van der Waals surface area contributed by atoms with Crippen molar-refractivity contribution in [3.63, 3.8) is 0 Å². The van der Waals surface area contributed by atoms with Crippen molar-refractivity contribution in [2.24, 2.45) is 5.41 Å². The molecule has 0 bridgehead atoms. The Morgan fingerprint density at radius 1 is 1.20 bits per heavy atom. The predicted molar refractivity (Wildman–Crippen MR) is 100 cm³/mol. The van der Waals surface area contributed by atoms with Crippen molar-refractivity contribution in [3.05, 3.63) is 35.9 Å². The van der Waals surface area contributed by atoms with Gasteiger partial charge < -0.3 is 5.32 Å². The van der Waals surface area contributed by atoms with Crippen molar-refractivity contribution in [1.82, 2.24) is 9.62 Å². The zero-order valence-electron chi connectivity index (χ0n) is 15.5. The van der Waals surface area contributed by atoms with E-state index in [2.05, 4.69) is 26.1 Å². The van der Waals surface area contributed by atoms with Crippen LogP contribution in [0, 0.1) is 5.41 Å². The number of carbonyl (C=O) groups excluding carboxylic acids is 1. The van der Waals surface area contributed by atoms with E-state index in [0.29, 0.717) is 32.4 Å². The summed E-state index contributed by atoms with van der Waals surface area (Å²) in [6, 6.07) is 9.32. The zero-order chi connectivity index (χ0) is 18.5. The molecule has 1 N–H and O–H groups in total. The Hall–Kier alpha value is -1.40. The summed E-state index contributed by atoms with van der Waals surface area (Å²) in [7, 11) is -3.30. The minimum Gasteiger partial charge on any atom is -0.353 e. The molecule has 25 heavy (non-hydrogen) atoms. The van der Waals surface area contributed by atoms with E-state index in [9.17, 15) is 13.2 Å². The average Bonchev–Trinajstić information content (AvgIpc) is 2.55. The lowest BCUT2D eigenvalue weighted by Gasteiger charge is -2.32. The van der Waals surface area contributed by atoms with Crippen LogP contribution < -0.4 is 5.32 Å². The Labute approximate surface area is 151 Å². The van der Waals surface area contributed by atoms with Gasteiger partial charge in [-0.2, -0.15) is 0 Å². The molecule has 0 saturated carbocycles. The molecule has 0 spiro atoms. The van der Waals surface area contributed by atoms with Crippen LogP contribution >= 0.6 is 0 Å². The molecule has 0 atom stereocenters. The number of amides is 1. The van der Waals surface area contributed by atoms with Crippen LogP contribution in [0.2, 0.25) is 0 Å². The van der Waals surface area contributed by atoms with E-state index in [1.165, 1.54) is 0 Å². The van der Waals surface area contributed by atoms with Gasteiger partial charge in [0.25, 0.3) is 0 Å². The fourth-order valence-corrected chi connectivity index (χ4v) is 4.56. The van der Waals surface area contributed by atoms with Gasteiger partial charge in [-0.25, -0.2) is 12.7 Å². The molecule has 1 saturated heterocycles. The number of rotatable bonds is 7. The van der Waals surface area contributed by atoms with Crippen LogP contribution in [0.25, 0.3) is 0 Å². The number of nitrogens with one attached hydrogen (secondary N) is 1. The summed E-state index contributed by atoms with van der Waals surface area (Å²) in [5, 5.41) is 3.07. The Morgan fingerprint density at radius 3 is 2.36 bits per heavy atom. The van der Waals surface area contributed by atoms with Crippen molar-refractivity contribution in [2.45, 2.75) is 58.2 Å². The molecule has 1 aromatic carbocycles. The fraction of sp³-hybridized carbons (Fsp3) is 0.632. The molecule has 140 valence electrons. The lowest BCUT2D eigenvalue weighted by Crippen LogP contribution is -2.47. The lowest BCUT2D eigenvalue weighted by molar-refractivity contribution is -0.124. The van der Waals surface area contributed by atoms with Crippen LogP contribution in [0.15, 0.2) is 30.3 Å². The maximum atomic E-state index is 12.5. The van der Waals surface area contributed by atoms with Gasteiger partial charge in [0, 0.05) is 25.6 Å². The summed E-state index contributed by atoms with van der Waals surface area (Å²) in [6.07, 6.45) is 2.81. The van der Waals surface area contributed by atoms with Crippen molar-refractivity contribution in [3.8, 4) is 0 Å². The molecule has 1 fully saturated rings. The van der Waals surface area contributed by atoms with Gasteiger partial charge in [-0.1, -0.05) is 57.5 Å². The van der Waals surface area contributed by atoms with E-state index in [4.69, 9.17) is 0 Å². The van der Waals surface area contributed by atoms with Gasteiger partial charge in [-0.15, -0.1) is 0 Å². The van der Waals surface area contributed by atoms with Crippen LogP contribution in [0.1, 0.15) is 52.0 Å². The van der Waals surface area contributed by atoms with Crippen LogP contribution in [-0.2, 0) is 20.6 Å². The number of hydrogen-bond acceptors (Lipinski definition) is 3. The molecule has 2 rings (SSSR count). The number of benzene rings is 1. The first-order valence-electron chi connectivity index (χ1n) is 9.03. The van der Waals surface area contributed by atoms with Crippen molar-refractivity contribution >= 4 is 15.9 Å². The average molecular weight is 367 g/mol. The highest BCUT2D eigenvalue weighted by Gasteiger charge is 2.29. The number of carbonyl (C=O) groups is 1. The summed E-state index contributed by atoms with van der Waals surface area (Å²) in [5.74, 6) is 0.104. The lowest BCUT2D eigenvalue weighted by atomic mass is 9.86.